The van der Waals surface area contributed by atoms with Gasteiger partial charge in [-0.1, -0.05) is 29.8 Å². The minimum atomic E-state index is -0.847. The summed E-state index contributed by atoms with van der Waals surface area (Å²) in [5.74, 6) is -2.04. The summed E-state index contributed by atoms with van der Waals surface area (Å²) in [6.45, 7) is 1.90. The molecular weight excluding hydrogens is 348 g/mol. The van der Waals surface area contributed by atoms with E-state index in [1.54, 1.807) is 24.3 Å². The minimum absolute atomic E-state index is 0.392. The molecule has 26 heavy (non-hydrogen) atoms. The summed E-state index contributed by atoms with van der Waals surface area (Å²) in [4.78, 5) is 37.6. The molecule has 0 radical (unpaired) electrons. The first-order chi connectivity index (χ1) is 12.5. The van der Waals surface area contributed by atoms with E-state index in [4.69, 9.17) is 0 Å². The van der Waals surface area contributed by atoms with Crippen LogP contribution in [0.2, 0.25) is 0 Å². The number of hydrogen-bond donors (Lipinski definition) is 1. The number of nitrogens with one attached hydrogen (secondary N) is 1. The Kier molecular flexibility index (Phi) is 5.29. The molecule has 1 N–H and O–H groups in total. The van der Waals surface area contributed by atoms with E-state index in [2.05, 4.69) is 11.4 Å². The third kappa shape index (κ3) is 3.73. The number of nitrogens with zero attached hydrogens (tertiary/aromatic N) is 1. The van der Waals surface area contributed by atoms with Crippen molar-refractivity contribution in [3.63, 3.8) is 0 Å². The monoisotopic (exact) mass is 366 g/mol. The topological polar surface area (TPSA) is 87.0 Å². The fourth-order valence-corrected chi connectivity index (χ4v) is 4.25. The second kappa shape index (κ2) is 7.63. The van der Waals surface area contributed by atoms with E-state index in [0.717, 1.165) is 41.7 Å². The molecular formula is C20H18N2O3S. The fraction of sp³-hybridized carbons (Fsp3) is 0.300. The number of anilines is 1. The molecule has 1 aliphatic rings. The predicted octanol–water partition coefficient (Wildman–Crippen LogP) is 3.59. The summed E-state index contributed by atoms with van der Waals surface area (Å²) in [5, 5.41) is 12.4. The zero-order chi connectivity index (χ0) is 18.7. The van der Waals surface area contributed by atoms with E-state index in [1.807, 2.05) is 6.92 Å². The number of amides is 1. The number of nitriles is 1. The van der Waals surface area contributed by atoms with Gasteiger partial charge in [0.2, 0.25) is 5.78 Å². The summed E-state index contributed by atoms with van der Waals surface area (Å²) in [7, 11) is 0. The Bertz CT molecular complexity index is 920. The van der Waals surface area contributed by atoms with Crippen LogP contribution in [0.4, 0.5) is 5.00 Å². The molecule has 6 heteroatoms. The molecule has 1 aromatic carbocycles. The average molecular weight is 366 g/mol. The van der Waals surface area contributed by atoms with Crippen molar-refractivity contribution in [2.75, 3.05) is 5.32 Å². The van der Waals surface area contributed by atoms with Crippen LogP contribution < -0.4 is 5.32 Å². The number of rotatable bonds is 5. The molecule has 132 valence electrons. The highest BCUT2D eigenvalue weighted by atomic mass is 32.1. The van der Waals surface area contributed by atoms with Gasteiger partial charge in [0, 0.05) is 10.4 Å². The molecule has 0 aliphatic heterocycles. The lowest BCUT2D eigenvalue weighted by Gasteiger charge is -2.09. The number of carbonyl (C=O) groups is 3. The van der Waals surface area contributed by atoms with Gasteiger partial charge in [0.15, 0.2) is 5.78 Å². The van der Waals surface area contributed by atoms with Crippen molar-refractivity contribution in [1.29, 1.82) is 5.26 Å². The Hall–Kier alpha value is -2.78. The zero-order valence-electron chi connectivity index (χ0n) is 14.4. The lowest BCUT2D eigenvalue weighted by molar-refractivity contribution is -0.134. The average Bonchev–Trinajstić information content (AvgIpc) is 2.99. The van der Waals surface area contributed by atoms with Gasteiger partial charge in [-0.15, -0.1) is 11.3 Å². The van der Waals surface area contributed by atoms with Crippen molar-refractivity contribution < 1.29 is 14.4 Å². The normalized spacial score (nSPS) is 12.8. The number of hydrogen-bond acceptors (Lipinski definition) is 5. The van der Waals surface area contributed by atoms with E-state index in [1.165, 1.54) is 11.3 Å². The van der Waals surface area contributed by atoms with Crippen molar-refractivity contribution in [3.8, 4) is 6.07 Å². The molecule has 1 aliphatic carbocycles. The quantitative estimate of drug-likeness (QED) is 0.498. The third-order valence-electron chi connectivity index (χ3n) is 4.46. The van der Waals surface area contributed by atoms with Gasteiger partial charge < -0.3 is 5.32 Å². The van der Waals surface area contributed by atoms with Crippen molar-refractivity contribution in [2.24, 2.45) is 0 Å². The molecule has 0 unspecified atom stereocenters. The Balaban J connectivity index is 1.69. The first-order valence-electron chi connectivity index (χ1n) is 8.48. The van der Waals surface area contributed by atoms with Crippen LogP contribution in [0.15, 0.2) is 24.3 Å². The standard InChI is InChI=1S/C20H18N2O3S/c1-12-6-8-13(9-7-12)16(23)10-17(24)19(25)22-20-15(11-21)14-4-2-3-5-18(14)26-20/h6-9H,2-5,10H2,1H3,(H,22,25). The van der Waals surface area contributed by atoms with Gasteiger partial charge in [-0.25, -0.2) is 0 Å². The van der Waals surface area contributed by atoms with Gasteiger partial charge in [0.25, 0.3) is 5.91 Å². The number of Topliss-reactive ketones (excluding diaryl/α,β-unsaturated/α-hetero) is 2. The zero-order valence-corrected chi connectivity index (χ0v) is 15.2. The maximum atomic E-state index is 12.2. The molecule has 2 aromatic rings. The Morgan fingerprint density at radius 3 is 2.54 bits per heavy atom. The lowest BCUT2D eigenvalue weighted by atomic mass is 9.96. The second-order valence-electron chi connectivity index (χ2n) is 6.37. The van der Waals surface area contributed by atoms with Crippen LogP contribution in [0.1, 0.15) is 51.2 Å². The lowest BCUT2D eigenvalue weighted by Crippen LogP contribution is -2.25. The number of fused-ring (bicyclic) bond motifs is 1. The molecule has 0 atom stereocenters. The summed E-state index contributed by atoms with van der Waals surface area (Å²) in [6.07, 6.45) is 3.32. The van der Waals surface area contributed by atoms with Gasteiger partial charge in [-0.2, -0.15) is 5.26 Å². The van der Waals surface area contributed by atoms with E-state index in [-0.39, 0.29) is 0 Å². The number of carbonyl (C=O) groups excluding carboxylic acids is 3. The van der Waals surface area contributed by atoms with Crippen LogP contribution in [0.5, 0.6) is 0 Å². The van der Waals surface area contributed by atoms with Gasteiger partial charge in [0.05, 0.1) is 12.0 Å². The van der Waals surface area contributed by atoms with Crippen molar-refractivity contribution >= 4 is 33.8 Å². The smallest absolute Gasteiger partial charge is 0.292 e. The van der Waals surface area contributed by atoms with E-state index >= 15 is 0 Å². The van der Waals surface area contributed by atoms with Gasteiger partial charge in [0.1, 0.15) is 11.1 Å². The maximum absolute atomic E-state index is 12.2. The number of thiophene rings is 1. The van der Waals surface area contributed by atoms with Crippen LogP contribution >= 0.6 is 11.3 Å². The number of aryl methyl sites for hydroxylation is 2. The first kappa shape index (κ1) is 18.0. The Morgan fingerprint density at radius 2 is 1.85 bits per heavy atom. The first-order valence-corrected chi connectivity index (χ1v) is 9.30. The van der Waals surface area contributed by atoms with E-state index < -0.39 is 23.9 Å². The molecule has 0 spiro atoms. The Labute approximate surface area is 155 Å². The second-order valence-corrected chi connectivity index (χ2v) is 7.48. The molecule has 5 nitrogen and oxygen atoms in total. The van der Waals surface area contributed by atoms with Gasteiger partial charge in [-0.3, -0.25) is 14.4 Å². The van der Waals surface area contributed by atoms with Crippen LogP contribution in [0, 0.1) is 18.3 Å². The molecule has 1 aromatic heterocycles. The van der Waals surface area contributed by atoms with Gasteiger partial charge >= 0.3 is 0 Å². The maximum Gasteiger partial charge on any atom is 0.292 e. The molecule has 0 fully saturated rings. The predicted molar refractivity (Wildman–Crippen MR) is 99.4 cm³/mol. The van der Waals surface area contributed by atoms with Gasteiger partial charge in [-0.05, 0) is 38.2 Å². The van der Waals surface area contributed by atoms with Crippen LogP contribution in [0.3, 0.4) is 0 Å². The fourth-order valence-electron chi connectivity index (χ4n) is 3.01. The summed E-state index contributed by atoms with van der Waals surface area (Å²) in [5.41, 5.74) is 2.86. The van der Waals surface area contributed by atoms with Crippen molar-refractivity contribution in [1.82, 2.24) is 0 Å². The highest BCUT2D eigenvalue weighted by Gasteiger charge is 2.24. The minimum Gasteiger partial charge on any atom is -0.310 e. The molecule has 0 bridgehead atoms. The third-order valence-corrected chi connectivity index (χ3v) is 5.67. The van der Waals surface area contributed by atoms with E-state index in [9.17, 15) is 19.6 Å². The molecule has 0 saturated carbocycles. The van der Waals surface area contributed by atoms with Crippen LogP contribution in [-0.2, 0) is 22.4 Å². The highest BCUT2D eigenvalue weighted by Crippen LogP contribution is 2.37. The molecule has 1 heterocycles. The van der Waals surface area contributed by atoms with Crippen LogP contribution in [-0.4, -0.2) is 17.5 Å². The molecule has 3 rings (SSSR count). The SMILES string of the molecule is Cc1ccc(C(=O)CC(=O)C(=O)Nc2sc3c(c2C#N)CCCC3)cc1. The highest BCUT2D eigenvalue weighted by molar-refractivity contribution is 7.16. The molecule has 0 saturated heterocycles. The van der Waals surface area contributed by atoms with Crippen LogP contribution in [0.25, 0.3) is 0 Å². The van der Waals surface area contributed by atoms with Crippen molar-refractivity contribution in [2.45, 2.75) is 39.0 Å². The van der Waals surface area contributed by atoms with E-state index in [0.29, 0.717) is 16.1 Å². The Morgan fingerprint density at radius 1 is 1.15 bits per heavy atom. The van der Waals surface area contributed by atoms with Crippen molar-refractivity contribution in [3.05, 3.63) is 51.4 Å². The summed E-state index contributed by atoms with van der Waals surface area (Å²) < 4.78 is 0. The summed E-state index contributed by atoms with van der Waals surface area (Å²) in [6, 6.07) is 8.99. The number of ketones is 2. The summed E-state index contributed by atoms with van der Waals surface area (Å²) >= 11 is 1.36. The largest absolute Gasteiger partial charge is 0.310 e. The molecule has 1 amide bonds. The number of benzene rings is 1.